The third-order valence-corrected chi connectivity index (χ3v) is 4.26. The Kier molecular flexibility index (Phi) is 3.97. The average molecular weight is 276 g/mol. The molecule has 1 saturated carbocycles. The highest BCUT2D eigenvalue weighted by atomic mass is 16.5. The summed E-state index contributed by atoms with van der Waals surface area (Å²) in [5.74, 6) is 0.400. The van der Waals surface area contributed by atoms with Crippen LogP contribution < -0.4 is 10.5 Å². The van der Waals surface area contributed by atoms with Crippen molar-refractivity contribution in [3.8, 4) is 5.88 Å². The molecule has 0 radical (unpaired) electrons. The molecule has 1 aliphatic carbocycles. The molecule has 110 valence electrons. The molecular weight excluding hydrogens is 252 g/mol. The molecule has 0 atom stereocenters. The van der Waals surface area contributed by atoms with Crippen LogP contribution in [0.2, 0.25) is 0 Å². The first-order valence-electron chi connectivity index (χ1n) is 7.15. The van der Waals surface area contributed by atoms with Gasteiger partial charge < -0.3 is 10.5 Å². The number of amidine groups is 1. The number of nitrogens with two attached hydrogens (primary N) is 1. The minimum atomic E-state index is -0.00774. The Morgan fingerprint density at radius 2 is 1.85 bits per heavy atom. The van der Waals surface area contributed by atoms with E-state index in [1.54, 1.807) is 0 Å². The fourth-order valence-electron chi connectivity index (χ4n) is 2.63. The van der Waals surface area contributed by atoms with E-state index in [9.17, 15) is 0 Å². The van der Waals surface area contributed by atoms with E-state index in [1.165, 1.54) is 0 Å². The lowest BCUT2D eigenvalue weighted by atomic mass is 9.76. The first-order chi connectivity index (χ1) is 9.30. The third kappa shape index (κ3) is 3.08. The predicted molar refractivity (Wildman–Crippen MR) is 79.2 cm³/mol. The van der Waals surface area contributed by atoms with E-state index in [2.05, 4.69) is 24.0 Å². The Bertz CT molecular complexity index is 515. The molecule has 0 saturated heterocycles. The number of nitrogens with one attached hydrogen (secondary N) is 1. The molecule has 0 aliphatic heterocycles. The van der Waals surface area contributed by atoms with Crippen molar-refractivity contribution in [2.75, 3.05) is 0 Å². The maximum absolute atomic E-state index is 7.72. The van der Waals surface area contributed by atoms with Gasteiger partial charge in [-0.1, -0.05) is 13.8 Å². The Morgan fingerprint density at radius 1 is 1.25 bits per heavy atom. The second kappa shape index (κ2) is 5.38. The largest absolute Gasteiger partial charge is 0.473 e. The summed E-state index contributed by atoms with van der Waals surface area (Å²) >= 11 is 0. The molecule has 1 aromatic rings. The van der Waals surface area contributed by atoms with Crippen LogP contribution in [0.3, 0.4) is 0 Å². The molecule has 1 aliphatic rings. The summed E-state index contributed by atoms with van der Waals surface area (Å²) in [5, 5.41) is 15.9. The quantitative estimate of drug-likeness (QED) is 0.656. The van der Waals surface area contributed by atoms with Crippen LogP contribution in [-0.2, 0) is 0 Å². The summed E-state index contributed by atoms with van der Waals surface area (Å²) in [6, 6.07) is 0. The van der Waals surface area contributed by atoms with Crippen LogP contribution in [-0.4, -0.2) is 22.1 Å². The van der Waals surface area contributed by atoms with Gasteiger partial charge in [0, 0.05) is 0 Å². The first-order valence-corrected chi connectivity index (χ1v) is 7.15. The molecule has 1 aromatic heterocycles. The zero-order chi connectivity index (χ0) is 14.9. The fraction of sp³-hybridized carbons (Fsp3) is 0.667. The van der Waals surface area contributed by atoms with E-state index in [0.717, 1.165) is 36.9 Å². The van der Waals surface area contributed by atoms with Gasteiger partial charge in [0.25, 0.3) is 0 Å². The van der Waals surface area contributed by atoms with Gasteiger partial charge in [-0.3, -0.25) is 5.41 Å². The monoisotopic (exact) mass is 276 g/mol. The SMILES string of the molecule is Cc1nnc(OC2CCC(C)(C)CC2)c(C(=N)N)c1C. The lowest BCUT2D eigenvalue weighted by Crippen LogP contribution is -2.30. The summed E-state index contributed by atoms with van der Waals surface area (Å²) in [5.41, 5.74) is 8.31. The molecule has 1 fully saturated rings. The van der Waals surface area contributed by atoms with Gasteiger partial charge in [-0.2, -0.15) is 5.10 Å². The number of ether oxygens (including phenoxy) is 1. The van der Waals surface area contributed by atoms with Crippen molar-refractivity contribution in [1.29, 1.82) is 5.41 Å². The number of aromatic nitrogens is 2. The van der Waals surface area contributed by atoms with Gasteiger partial charge in [-0.25, -0.2) is 0 Å². The van der Waals surface area contributed by atoms with E-state index < -0.39 is 0 Å². The Labute approximate surface area is 120 Å². The van der Waals surface area contributed by atoms with Crippen LogP contribution in [0.4, 0.5) is 0 Å². The Hall–Kier alpha value is -1.65. The third-order valence-electron chi connectivity index (χ3n) is 4.26. The number of hydrogen-bond donors (Lipinski definition) is 2. The fourth-order valence-corrected chi connectivity index (χ4v) is 2.63. The Morgan fingerprint density at radius 3 is 2.40 bits per heavy atom. The summed E-state index contributed by atoms with van der Waals surface area (Å²) in [6.07, 6.45) is 4.46. The van der Waals surface area contributed by atoms with Crippen LogP contribution in [0, 0.1) is 24.7 Å². The number of hydrogen-bond acceptors (Lipinski definition) is 4. The summed E-state index contributed by atoms with van der Waals surface area (Å²) in [4.78, 5) is 0. The molecule has 0 amide bonds. The smallest absolute Gasteiger partial charge is 0.245 e. The molecule has 0 bridgehead atoms. The molecule has 0 unspecified atom stereocenters. The van der Waals surface area contributed by atoms with Gasteiger partial charge in [0.2, 0.25) is 5.88 Å². The molecule has 20 heavy (non-hydrogen) atoms. The van der Waals surface area contributed by atoms with Crippen molar-refractivity contribution in [3.05, 3.63) is 16.8 Å². The zero-order valence-corrected chi connectivity index (χ0v) is 12.8. The summed E-state index contributed by atoms with van der Waals surface area (Å²) in [7, 11) is 0. The molecule has 5 heteroatoms. The van der Waals surface area contributed by atoms with E-state index >= 15 is 0 Å². The minimum Gasteiger partial charge on any atom is -0.473 e. The maximum Gasteiger partial charge on any atom is 0.245 e. The second-order valence-electron chi connectivity index (χ2n) is 6.49. The summed E-state index contributed by atoms with van der Waals surface area (Å²) in [6.45, 7) is 8.35. The first kappa shape index (κ1) is 14.8. The number of nitrogen functional groups attached to an aromatic ring is 1. The van der Waals surface area contributed by atoms with Crippen molar-refractivity contribution in [1.82, 2.24) is 10.2 Å². The van der Waals surface area contributed by atoms with Crippen LogP contribution in [0.5, 0.6) is 5.88 Å². The molecule has 1 heterocycles. The highest BCUT2D eigenvalue weighted by Crippen LogP contribution is 2.36. The average Bonchev–Trinajstić information content (AvgIpc) is 2.36. The van der Waals surface area contributed by atoms with Crippen LogP contribution in [0.1, 0.15) is 56.4 Å². The number of rotatable bonds is 3. The zero-order valence-electron chi connectivity index (χ0n) is 12.8. The lowest BCUT2D eigenvalue weighted by molar-refractivity contribution is 0.0937. The van der Waals surface area contributed by atoms with E-state index in [4.69, 9.17) is 15.9 Å². The maximum atomic E-state index is 7.72. The number of aryl methyl sites for hydroxylation is 1. The Balaban J connectivity index is 2.18. The van der Waals surface area contributed by atoms with Crippen molar-refractivity contribution >= 4 is 5.84 Å². The van der Waals surface area contributed by atoms with Crippen LogP contribution >= 0.6 is 0 Å². The standard InChI is InChI=1S/C15H24N4O/c1-9-10(2)18-19-14(12(9)13(16)17)20-11-5-7-15(3,4)8-6-11/h11H,5-8H2,1-4H3,(H3,16,17). The van der Waals surface area contributed by atoms with Crippen LogP contribution in [0.25, 0.3) is 0 Å². The normalized spacial score (nSPS) is 18.8. The molecule has 0 aromatic carbocycles. The minimum absolute atomic E-state index is 0.00774. The lowest BCUT2D eigenvalue weighted by Gasteiger charge is -2.34. The van der Waals surface area contributed by atoms with E-state index in [-0.39, 0.29) is 11.9 Å². The summed E-state index contributed by atoms with van der Waals surface area (Å²) < 4.78 is 5.98. The van der Waals surface area contributed by atoms with Gasteiger partial charge in [0.05, 0.1) is 11.3 Å². The van der Waals surface area contributed by atoms with Crippen LogP contribution in [0.15, 0.2) is 0 Å². The van der Waals surface area contributed by atoms with Crippen molar-refractivity contribution in [2.24, 2.45) is 11.1 Å². The number of nitrogens with zero attached hydrogens (tertiary/aromatic N) is 2. The highest BCUT2D eigenvalue weighted by molar-refractivity contribution is 5.98. The second-order valence-corrected chi connectivity index (χ2v) is 6.49. The molecule has 5 nitrogen and oxygen atoms in total. The van der Waals surface area contributed by atoms with Gasteiger partial charge in [-0.05, 0) is 50.5 Å². The van der Waals surface area contributed by atoms with Gasteiger partial charge in [0.15, 0.2) is 0 Å². The topological polar surface area (TPSA) is 84.9 Å². The van der Waals surface area contributed by atoms with Crippen molar-refractivity contribution in [3.63, 3.8) is 0 Å². The van der Waals surface area contributed by atoms with Crippen molar-refractivity contribution in [2.45, 2.75) is 59.5 Å². The highest BCUT2D eigenvalue weighted by Gasteiger charge is 2.29. The van der Waals surface area contributed by atoms with E-state index in [1.807, 2.05) is 13.8 Å². The molecule has 3 N–H and O–H groups in total. The molecule has 0 spiro atoms. The van der Waals surface area contributed by atoms with E-state index in [0.29, 0.717) is 16.9 Å². The molecular formula is C15H24N4O. The van der Waals surface area contributed by atoms with Gasteiger partial charge in [0.1, 0.15) is 11.9 Å². The van der Waals surface area contributed by atoms with Gasteiger partial charge >= 0.3 is 0 Å². The van der Waals surface area contributed by atoms with Crippen molar-refractivity contribution < 1.29 is 4.74 Å². The van der Waals surface area contributed by atoms with Gasteiger partial charge in [-0.15, -0.1) is 5.10 Å². The predicted octanol–water partition coefficient (Wildman–Crippen LogP) is 2.73. The molecule has 2 rings (SSSR count).